The van der Waals surface area contributed by atoms with Crippen LogP contribution in [0.5, 0.6) is 0 Å². The highest BCUT2D eigenvalue weighted by atomic mass is 32.2. The molecule has 8 heteroatoms. The number of halogens is 2. The number of carbonyl (C=O) groups excluding carboxylic acids is 1. The van der Waals surface area contributed by atoms with Crippen LogP contribution in [0.15, 0.2) is 0 Å². The molecule has 0 N–H and O–H groups in total. The fraction of sp³-hybridized carbons (Fsp3) is 0.857. The molecule has 0 heterocycles. The lowest BCUT2D eigenvalue weighted by atomic mass is 9.93. The molecule has 0 aliphatic heterocycles. The Balaban J connectivity index is 4.57. The van der Waals surface area contributed by atoms with E-state index in [-0.39, 0.29) is 0 Å². The van der Waals surface area contributed by atoms with E-state index >= 15 is 0 Å². The summed E-state index contributed by atoms with van der Waals surface area (Å²) in [7, 11) is -5.98. The summed E-state index contributed by atoms with van der Waals surface area (Å²) in [6, 6.07) is 0. The van der Waals surface area contributed by atoms with Crippen LogP contribution in [-0.2, 0) is 19.6 Å². The fourth-order valence-corrected chi connectivity index (χ4v) is 0.848. The maximum absolute atomic E-state index is 12.4. The summed E-state index contributed by atoms with van der Waals surface area (Å²) in [5, 5.41) is 0. The van der Waals surface area contributed by atoms with Gasteiger partial charge in [0.1, 0.15) is 0 Å². The second-order valence-electron chi connectivity index (χ2n) is 4.13. The molecule has 0 aliphatic carbocycles. The second kappa shape index (κ2) is 4.01. The van der Waals surface area contributed by atoms with Crippen LogP contribution in [0.3, 0.4) is 0 Å². The van der Waals surface area contributed by atoms with Crippen LogP contribution < -0.4 is 0 Å². The summed E-state index contributed by atoms with van der Waals surface area (Å²) < 4.78 is 58.0. The van der Waals surface area contributed by atoms with Gasteiger partial charge in [0.25, 0.3) is 0 Å². The Bertz CT molecular complexity index is 341. The van der Waals surface area contributed by atoms with Gasteiger partial charge in [-0.2, -0.15) is 8.78 Å². The first-order valence-electron chi connectivity index (χ1n) is 3.90. The quantitative estimate of drug-likeness (QED) is 0.548. The Kier molecular flexibility index (Phi) is 3.81. The summed E-state index contributed by atoms with van der Waals surface area (Å²) in [6.45, 7) is 4.70. The molecule has 0 rings (SSSR count). The van der Waals surface area contributed by atoms with Crippen molar-refractivity contribution in [1.29, 1.82) is 0 Å². The Hall–Kier alpha value is -0.760. The molecular weight excluding hydrogens is 234 g/mol. The predicted molar refractivity (Wildman–Crippen MR) is 44.8 cm³/mol. The van der Waals surface area contributed by atoms with Crippen molar-refractivity contribution in [2.75, 3.05) is 0 Å². The SMILES string of the molecule is CC(C)(C)CC(=O)OC(F)(F)S(=O)(=O)[O-]. The number of hydrogen-bond acceptors (Lipinski definition) is 5. The number of esters is 1. The molecule has 0 aliphatic rings. The zero-order valence-electron chi connectivity index (χ0n) is 8.41. The molecule has 0 radical (unpaired) electrons. The first-order valence-corrected chi connectivity index (χ1v) is 5.31. The number of rotatable bonds is 3. The van der Waals surface area contributed by atoms with Crippen molar-refractivity contribution in [2.45, 2.75) is 32.6 Å². The average Bonchev–Trinajstić information content (AvgIpc) is 1.75. The van der Waals surface area contributed by atoms with Gasteiger partial charge in [-0.25, -0.2) is 8.42 Å². The third-order valence-corrected chi connectivity index (χ3v) is 1.86. The maximum Gasteiger partial charge on any atom is 0.499 e. The monoisotopic (exact) mass is 245 g/mol. The minimum Gasteiger partial charge on any atom is -0.740 e. The zero-order valence-corrected chi connectivity index (χ0v) is 9.23. The zero-order chi connectivity index (χ0) is 12.5. The van der Waals surface area contributed by atoms with Gasteiger partial charge in [-0.3, -0.25) is 4.79 Å². The van der Waals surface area contributed by atoms with E-state index in [1.165, 1.54) is 0 Å². The van der Waals surface area contributed by atoms with E-state index in [2.05, 4.69) is 4.74 Å². The lowest BCUT2D eigenvalue weighted by molar-refractivity contribution is -0.196. The Morgan fingerprint density at radius 1 is 1.33 bits per heavy atom. The maximum atomic E-state index is 12.4. The van der Waals surface area contributed by atoms with Crippen molar-refractivity contribution < 1.29 is 31.3 Å². The van der Waals surface area contributed by atoms with E-state index in [1.54, 1.807) is 20.8 Å². The van der Waals surface area contributed by atoms with Gasteiger partial charge in [0.2, 0.25) is 10.1 Å². The molecule has 0 unspecified atom stereocenters. The van der Waals surface area contributed by atoms with Gasteiger partial charge in [-0.05, 0) is 5.41 Å². The summed E-state index contributed by atoms with van der Waals surface area (Å²) >= 11 is 0. The smallest absolute Gasteiger partial charge is 0.499 e. The first kappa shape index (κ1) is 14.2. The molecule has 0 atom stereocenters. The van der Waals surface area contributed by atoms with E-state index in [9.17, 15) is 26.5 Å². The van der Waals surface area contributed by atoms with Crippen LogP contribution >= 0.6 is 0 Å². The third kappa shape index (κ3) is 5.03. The minimum absolute atomic E-state index is 0.419. The molecule has 5 nitrogen and oxygen atoms in total. The molecule has 0 bridgehead atoms. The Labute approximate surface area is 86.2 Å². The van der Waals surface area contributed by atoms with Crippen molar-refractivity contribution in [3.63, 3.8) is 0 Å². The van der Waals surface area contributed by atoms with Crippen LogP contribution in [-0.4, -0.2) is 24.4 Å². The first-order chi connectivity index (χ1) is 6.35. The van der Waals surface area contributed by atoms with E-state index in [1.807, 2.05) is 0 Å². The number of carbonyl (C=O) groups is 1. The highest BCUT2D eigenvalue weighted by Crippen LogP contribution is 2.26. The molecule has 0 saturated carbocycles. The van der Waals surface area contributed by atoms with E-state index in [0.29, 0.717) is 0 Å². The summed E-state index contributed by atoms with van der Waals surface area (Å²) in [5.74, 6) is -1.44. The van der Waals surface area contributed by atoms with Gasteiger partial charge >= 0.3 is 11.4 Å². The summed E-state index contributed by atoms with van der Waals surface area (Å²) in [4.78, 5) is 10.8. The standard InChI is InChI=1S/C7H12F2O5S/c1-6(2,3)4-5(10)14-7(8,9)15(11,12)13/h4H2,1-3H3,(H,11,12,13)/p-1. The van der Waals surface area contributed by atoms with Crippen LogP contribution in [0.1, 0.15) is 27.2 Å². The Morgan fingerprint density at radius 2 is 1.73 bits per heavy atom. The molecule has 0 aromatic heterocycles. The lowest BCUT2D eigenvalue weighted by Crippen LogP contribution is -2.35. The number of hydrogen-bond donors (Lipinski definition) is 0. The molecule has 0 fully saturated rings. The third-order valence-electron chi connectivity index (χ3n) is 1.20. The molecule has 0 aromatic rings. The van der Waals surface area contributed by atoms with Gasteiger partial charge in [-0.1, -0.05) is 20.8 Å². The molecule has 0 saturated heterocycles. The number of alkyl halides is 2. The summed E-state index contributed by atoms with van der Waals surface area (Å²) in [6.07, 6.45) is -0.419. The molecule has 0 amide bonds. The van der Waals surface area contributed by atoms with Crippen molar-refractivity contribution in [1.82, 2.24) is 0 Å². The van der Waals surface area contributed by atoms with Crippen molar-refractivity contribution >= 4 is 16.1 Å². The molecule has 15 heavy (non-hydrogen) atoms. The van der Waals surface area contributed by atoms with Crippen molar-refractivity contribution in [3.05, 3.63) is 0 Å². The second-order valence-corrected chi connectivity index (χ2v) is 5.51. The molecule has 0 aromatic carbocycles. The highest BCUT2D eigenvalue weighted by Gasteiger charge is 2.43. The highest BCUT2D eigenvalue weighted by molar-refractivity contribution is 7.86. The average molecular weight is 245 g/mol. The molecule has 90 valence electrons. The largest absolute Gasteiger partial charge is 0.740 e. The van der Waals surface area contributed by atoms with Crippen LogP contribution in [0, 0.1) is 5.41 Å². The van der Waals surface area contributed by atoms with Gasteiger partial charge in [-0.15, -0.1) is 0 Å². The fourth-order valence-electron chi connectivity index (χ4n) is 0.653. The summed E-state index contributed by atoms with van der Waals surface area (Å²) in [5.41, 5.74) is -5.64. The van der Waals surface area contributed by atoms with Gasteiger partial charge in [0, 0.05) is 0 Å². The minimum atomic E-state index is -5.98. The van der Waals surface area contributed by atoms with Gasteiger partial charge < -0.3 is 9.29 Å². The molecular formula is C7H11F2O5S-. The van der Waals surface area contributed by atoms with E-state index in [0.717, 1.165) is 0 Å². The lowest BCUT2D eigenvalue weighted by Gasteiger charge is -2.22. The topological polar surface area (TPSA) is 83.5 Å². The predicted octanol–water partition coefficient (Wildman–Crippen LogP) is 1.06. The van der Waals surface area contributed by atoms with Gasteiger partial charge in [0.05, 0.1) is 6.42 Å². The van der Waals surface area contributed by atoms with Crippen molar-refractivity contribution in [3.8, 4) is 0 Å². The Morgan fingerprint density at radius 3 is 2.00 bits per heavy atom. The van der Waals surface area contributed by atoms with Crippen LogP contribution in [0.4, 0.5) is 8.78 Å². The van der Waals surface area contributed by atoms with E-state index in [4.69, 9.17) is 0 Å². The van der Waals surface area contributed by atoms with Gasteiger partial charge in [0.15, 0.2) is 0 Å². The normalized spacial score (nSPS) is 13.7. The van der Waals surface area contributed by atoms with E-state index < -0.39 is 33.4 Å². The molecule has 0 spiro atoms. The number of ether oxygens (including phenoxy) is 1. The van der Waals surface area contributed by atoms with Crippen LogP contribution in [0.25, 0.3) is 0 Å². The van der Waals surface area contributed by atoms with Crippen LogP contribution in [0.2, 0.25) is 0 Å². The van der Waals surface area contributed by atoms with Crippen molar-refractivity contribution in [2.24, 2.45) is 5.41 Å².